The fourth-order valence-corrected chi connectivity index (χ4v) is 3.54. The fraction of sp³-hybridized carbons (Fsp3) is 0.120. The van der Waals surface area contributed by atoms with Gasteiger partial charge in [0.25, 0.3) is 5.91 Å². The van der Waals surface area contributed by atoms with E-state index in [9.17, 15) is 4.79 Å². The van der Waals surface area contributed by atoms with Gasteiger partial charge in [-0.05, 0) is 63.8 Å². The number of para-hydroxylation sites is 1. The van der Waals surface area contributed by atoms with E-state index in [-0.39, 0.29) is 5.91 Å². The number of halogens is 1. The molecule has 1 aromatic heterocycles. The van der Waals surface area contributed by atoms with E-state index >= 15 is 0 Å². The van der Waals surface area contributed by atoms with Crippen LogP contribution < -0.4 is 10.1 Å². The van der Waals surface area contributed by atoms with Crippen molar-refractivity contribution in [2.75, 3.05) is 5.32 Å². The Balaban J connectivity index is 1.34. The highest BCUT2D eigenvalue weighted by Gasteiger charge is 2.09. The Kier molecular flexibility index (Phi) is 6.48. The Bertz CT molecular complexity index is 1190. The Hall–Kier alpha value is -3.38. The molecule has 0 saturated carbocycles. The van der Waals surface area contributed by atoms with Crippen LogP contribution in [0, 0.1) is 6.92 Å². The van der Waals surface area contributed by atoms with Gasteiger partial charge in [0.15, 0.2) is 5.82 Å². The van der Waals surface area contributed by atoms with E-state index in [1.54, 1.807) is 18.2 Å². The van der Waals surface area contributed by atoms with Crippen LogP contribution in [-0.2, 0) is 13.2 Å². The molecule has 1 amide bonds. The molecule has 156 valence electrons. The van der Waals surface area contributed by atoms with Crippen molar-refractivity contribution >= 4 is 27.7 Å². The van der Waals surface area contributed by atoms with Gasteiger partial charge in [-0.2, -0.15) is 5.10 Å². The maximum atomic E-state index is 12.6. The quantitative estimate of drug-likeness (QED) is 0.365. The topological polar surface area (TPSA) is 56.2 Å². The summed E-state index contributed by atoms with van der Waals surface area (Å²) in [5.41, 5.74) is 3.96. The van der Waals surface area contributed by atoms with Crippen molar-refractivity contribution in [3.05, 3.63) is 112 Å². The van der Waals surface area contributed by atoms with Crippen molar-refractivity contribution in [2.45, 2.75) is 20.1 Å². The number of carbonyl (C=O) groups is 1. The lowest BCUT2D eigenvalue weighted by atomic mass is 10.1. The highest BCUT2D eigenvalue weighted by molar-refractivity contribution is 9.10. The van der Waals surface area contributed by atoms with E-state index in [1.807, 2.05) is 59.4 Å². The first-order valence-electron chi connectivity index (χ1n) is 9.94. The zero-order valence-electron chi connectivity index (χ0n) is 17.1. The molecule has 4 aromatic rings. The van der Waals surface area contributed by atoms with Crippen LogP contribution in [0.1, 0.15) is 27.0 Å². The molecular weight excluding hydrogens is 454 g/mol. The van der Waals surface area contributed by atoms with E-state index in [4.69, 9.17) is 4.74 Å². The van der Waals surface area contributed by atoms with E-state index in [1.165, 1.54) is 11.1 Å². The van der Waals surface area contributed by atoms with Crippen molar-refractivity contribution in [1.82, 2.24) is 9.78 Å². The normalized spacial score (nSPS) is 10.6. The first kappa shape index (κ1) is 20.9. The first-order chi connectivity index (χ1) is 15.1. The zero-order valence-corrected chi connectivity index (χ0v) is 18.7. The van der Waals surface area contributed by atoms with E-state index < -0.39 is 0 Å². The standard InChI is InChI=1S/C25H22BrN3O2/c1-18-6-2-3-7-21(18)16-29-15-14-24(28-29)27-25(30)20-12-10-19(11-13-20)17-31-23-9-5-4-8-22(23)26/h2-15H,16-17H2,1H3,(H,27,28,30). The van der Waals surface area contributed by atoms with Gasteiger partial charge in [0, 0.05) is 17.8 Å². The van der Waals surface area contributed by atoms with Gasteiger partial charge < -0.3 is 10.1 Å². The van der Waals surface area contributed by atoms with Crippen molar-refractivity contribution in [3.63, 3.8) is 0 Å². The number of nitrogens with one attached hydrogen (secondary N) is 1. The molecule has 1 heterocycles. The second-order valence-corrected chi connectivity index (χ2v) is 8.05. The number of ether oxygens (including phenoxy) is 1. The molecular formula is C25H22BrN3O2. The van der Waals surface area contributed by atoms with Gasteiger partial charge >= 0.3 is 0 Å². The summed E-state index contributed by atoms with van der Waals surface area (Å²) in [5, 5.41) is 7.32. The van der Waals surface area contributed by atoms with Crippen molar-refractivity contribution in [2.24, 2.45) is 0 Å². The number of carbonyl (C=O) groups excluding carboxylic acids is 1. The fourth-order valence-electron chi connectivity index (χ4n) is 3.14. The lowest BCUT2D eigenvalue weighted by molar-refractivity contribution is 0.102. The summed E-state index contributed by atoms with van der Waals surface area (Å²) in [4.78, 5) is 12.6. The summed E-state index contributed by atoms with van der Waals surface area (Å²) in [6.45, 7) is 3.16. The van der Waals surface area contributed by atoms with Crippen LogP contribution in [0.4, 0.5) is 5.82 Å². The second-order valence-electron chi connectivity index (χ2n) is 7.20. The highest BCUT2D eigenvalue weighted by Crippen LogP contribution is 2.24. The van der Waals surface area contributed by atoms with Gasteiger partial charge in [-0.25, -0.2) is 0 Å². The van der Waals surface area contributed by atoms with Gasteiger partial charge in [0.05, 0.1) is 11.0 Å². The number of anilines is 1. The molecule has 3 aromatic carbocycles. The molecule has 0 radical (unpaired) electrons. The maximum absolute atomic E-state index is 12.6. The molecule has 4 rings (SSSR count). The largest absolute Gasteiger partial charge is 0.488 e. The van der Waals surface area contributed by atoms with Gasteiger partial charge in [-0.3, -0.25) is 9.48 Å². The Morgan fingerprint density at radius 1 is 1.00 bits per heavy atom. The van der Waals surface area contributed by atoms with Crippen LogP contribution in [0.15, 0.2) is 89.5 Å². The summed E-state index contributed by atoms with van der Waals surface area (Å²) in [5.74, 6) is 1.12. The third-order valence-electron chi connectivity index (χ3n) is 4.92. The van der Waals surface area contributed by atoms with Gasteiger partial charge in [0.1, 0.15) is 12.4 Å². The predicted octanol–water partition coefficient (Wildman–Crippen LogP) is 5.83. The lowest BCUT2D eigenvalue weighted by Gasteiger charge is -2.09. The number of aromatic nitrogens is 2. The van der Waals surface area contributed by atoms with Crippen LogP contribution in [0.25, 0.3) is 0 Å². The number of nitrogens with zero attached hydrogens (tertiary/aromatic N) is 2. The van der Waals surface area contributed by atoms with Gasteiger partial charge in [-0.15, -0.1) is 0 Å². The Morgan fingerprint density at radius 2 is 1.74 bits per heavy atom. The molecule has 0 aliphatic heterocycles. The minimum Gasteiger partial charge on any atom is -0.488 e. The lowest BCUT2D eigenvalue weighted by Crippen LogP contribution is -2.13. The summed E-state index contributed by atoms with van der Waals surface area (Å²) >= 11 is 3.47. The average molecular weight is 476 g/mol. The number of rotatable bonds is 7. The molecule has 0 spiro atoms. The smallest absolute Gasteiger partial charge is 0.256 e. The van der Waals surface area contributed by atoms with Crippen molar-refractivity contribution in [1.29, 1.82) is 0 Å². The number of benzene rings is 3. The molecule has 0 saturated heterocycles. The molecule has 0 fully saturated rings. The average Bonchev–Trinajstić information content (AvgIpc) is 3.22. The third kappa shape index (κ3) is 5.41. The summed E-state index contributed by atoms with van der Waals surface area (Å²) in [6.07, 6.45) is 1.87. The SMILES string of the molecule is Cc1ccccc1Cn1ccc(NC(=O)c2ccc(COc3ccccc3Br)cc2)n1. The van der Waals surface area contributed by atoms with E-state index in [2.05, 4.69) is 45.4 Å². The van der Waals surface area contributed by atoms with Crippen molar-refractivity contribution < 1.29 is 9.53 Å². The Morgan fingerprint density at radius 3 is 2.52 bits per heavy atom. The van der Waals surface area contributed by atoms with E-state index in [0.29, 0.717) is 24.5 Å². The first-order valence-corrected chi connectivity index (χ1v) is 10.7. The van der Waals surface area contributed by atoms with Crippen LogP contribution in [0.3, 0.4) is 0 Å². The molecule has 0 aliphatic carbocycles. The number of amides is 1. The highest BCUT2D eigenvalue weighted by atomic mass is 79.9. The van der Waals surface area contributed by atoms with E-state index in [0.717, 1.165) is 15.8 Å². The van der Waals surface area contributed by atoms with Crippen LogP contribution >= 0.6 is 15.9 Å². The maximum Gasteiger partial charge on any atom is 0.256 e. The Labute approximate surface area is 189 Å². The number of hydrogen-bond acceptors (Lipinski definition) is 3. The monoisotopic (exact) mass is 475 g/mol. The molecule has 0 unspecified atom stereocenters. The van der Waals surface area contributed by atoms with Crippen LogP contribution in [0.5, 0.6) is 5.75 Å². The number of hydrogen-bond donors (Lipinski definition) is 1. The minimum absolute atomic E-state index is 0.195. The molecule has 0 aliphatic rings. The van der Waals surface area contributed by atoms with Gasteiger partial charge in [0.2, 0.25) is 0 Å². The second kappa shape index (κ2) is 9.62. The molecule has 0 atom stereocenters. The predicted molar refractivity (Wildman–Crippen MR) is 125 cm³/mol. The summed E-state index contributed by atoms with van der Waals surface area (Å²) in [6, 6.07) is 25.1. The van der Waals surface area contributed by atoms with Crippen LogP contribution in [-0.4, -0.2) is 15.7 Å². The summed E-state index contributed by atoms with van der Waals surface area (Å²) in [7, 11) is 0. The van der Waals surface area contributed by atoms with Crippen LogP contribution in [0.2, 0.25) is 0 Å². The third-order valence-corrected chi connectivity index (χ3v) is 5.58. The molecule has 0 bridgehead atoms. The van der Waals surface area contributed by atoms with Crippen molar-refractivity contribution in [3.8, 4) is 5.75 Å². The molecule has 6 heteroatoms. The van der Waals surface area contributed by atoms with Gasteiger partial charge in [-0.1, -0.05) is 48.5 Å². The minimum atomic E-state index is -0.195. The summed E-state index contributed by atoms with van der Waals surface area (Å²) < 4.78 is 8.55. The molecule has 1 N–H and O–H groups in total. The molecule has 5 nitrogen and oxygen atoms in total. The number of aryl methyl sites for hydroxylation is 1. The zero-order chi connectivity index (χ0) is 21.6. The molecule has 31 heavy (non-hydrogen) atoms.